The third-order valence-corrected chi connectivity index (χ3v) is 4.80. The van der Waals surface area contributed by atoms with E-state index in [1.165, 1.54) is 20.0 Å². The van der Waals surface area contributed by atoms with E-state index in [0.717, 1.165) is 10.7 Å². The third-order valence-electron chi connectivity index (χ3n) is 4.57. The molecule has 1 atom stereocenters. The second-order valence-electron chi connectivity index (χ2n) is 6.91. The van der Waals surface area contributed by atoms with E-state index in [2.05, 4.69) is 10.4 Å². The molecule has 0 aliphatic carbocycles. The van der Waals surface area contributed by atoms with Gasteiger partial charge in [-0.25, -0.2) is 4.68 Å². The molecule has 0 saturated carbocycles. The Morgan fingerprint density at radius 1 is 1.19 bits per heavy atom. The highest BCUT2D eigenvalue weighted by Gasteiger charge is 2.34. The lowest BCUT2D eigenvalue weighted by molar-refractivity contribution is -0.152. The number of nitrogens with zero attached hydrogens (tertiary/aromatic N) is 2. The van der Waals surface area contributed by atoms with Crippen LogP contribution in [0.2, 0.25) is 5.02 Å². The molecule has 0 aliphatic heterocycles. The fourth-order valence-electron chi connectivity index (χ4n) is 3.03. The molecule has 2 aromatic carbocycles. The Balaban J connectivity index is 1.74. The minimum absolute atomic E-state index is 0.146. The Hall–Kier alpha value is -3.40. The van der Waals surface area contributed by atoms with Gasteiger partial charge in [-0.2, -0.15) is 18.3 Å². The van der Waals surface area contributed by atoms with E-state index >= 15 is 0 Å². The number of anilines is 1. The van der Waals surface area contributed by atoms with E-state index in [0.29, 0.717) is 16.8 Å². The smallest absolute Gasteiger partial charge is 0.418 e. The molecule has 168 valence electrons. The maximum Gasteiger partial charge on any atom is 0.418 e. The predicted molar refractivity (Wildman–Crippen MR) is 111 cm³/mol. The van der Waals surface area contributed by atoms with Crippen LogP contribution in [0.1, 0.15) is 18.2 Å². The minimum atomic E-state index is -4.75. The Morgan fingerprint density at radius 2 is 1.84 bits per heavy atom. The standard InChI is InChI=1S/C21H17ClF3N3O4/c1-11(19(30)26-16-8-7-12(22)9-15(16)21(23,24)25)32-18(29)10-17-13-5-3-4-6-14(13)20(31)28(2)27-17/h3-9,11H,10H2,1-2H3,(H,26,30). The van der Waals surface area contributed by atoms with E-state index in [4.69, 9.17) is 16.3 Å². The number of benzene rings is 2. The predicted octanol–water partition coefficient (Wildman–Crippen LogP) is 3.72. The molecule has 0 radical (unpaired) electrons. The van der Waals surface area contributed by atoms with Crippen LogP contribution in [0.3, 0.4) is 0 Å². The fourth-order valence-corrected chi connectivity index (χ4v) is 3.20. The number of ether oxygens (including phenoxy) is 1. The molecular weight excluding hydrogens is 451 g/mol. The summed E-state index contributed by atoms with van der Waals surface area (Å²) in [4.78, 5) is 36.9. The molecule has 0 saturated heterocycles. The van der Waals surface area contributed by atoms with Gasteiger partial charge in [0.05, 0.1) is 28.8 Å². The molecule has 11 heteroatoms. The van der Waals surface area contributed by atoms with Crippen LogP contribution in [-0.4, -0.2) is 27.8 Å². The number of carbonyl (C=O) groups is 2. The molecule has 3 aromatic rings. The highest BCUT2D eigenvalue weighted by atomic mass is 35.5. The summed E-state index contributed by atoms with van der Waals surface area (Å²) in [5.74, 6) is -1.79. The summed E-state index contributed by atoms with van der Waals surface area (Å²) in [6.45, 7) is 1.22. The topological polar surface area (TPSA) is 90.3 Å². The summed E-state index contributed by atoms with van der Waals surface area (Å²) in [6, 6.07) is 9.46. The number of hydrogen-bond acceptors (Lipinski definition) is 5. The molecule has 32 heavy (non-hydrogen) atoms. The van der Waals surface area contributed by atoms with Gasteiger partial charge in [-0.3, -0.25) is 14.4 Å². The second kappa shape index (κ2) is 8.99. The van der Waals surface area contributed by atoms with Crippen LogP contribution in [0.15, 0.2) is 47.3 Å². The lowest BCUT2D eigenvalue weighted by atomic mass is 10.1. The van der Waals surface area contributed by atoms with Crippen molar-refractivity contribution < 1.29 is 27.5 Å². The van der Waals surface area contributed by atoms with Crippen molar-refractivity contribution in [3.05, 3.63) is 69.1 Å². The number of halogens is 4. The van der Waals surface area contributed by atoms with Crippen LogP contribution in [0.4, 0.5) is 18.9 Å². The third kappa shape index (κ3) is 5.08. The zero-order valence-electron chi connectivity index (χ0n) is 16.9. The van der Waals surface area contributed by atoms with Crippen LogP contribution in [0.25, 0.3) is 10.8 Å². The van der Waals surface area contributed by atoms with Gasteiger partial charge in [-0.15, -0.1) is 0 Å². The first-order valence-corrected chi connectivity index (χ1v) is 9.67. The number of carbonyl (C=O) groups excluding carboxylic acids is 2. The van der Waals surface area contributed by atoms with Gasteiger partial charge < -0.3 is 10.1 Å². The summed E-state index contributed by atoms with van der Waals surface area (Å²) in [6.07, 6.45) is -6.48. The molecule has 0 fully saturated rings. The van der Waals surface area contributed by atoms with Crippen molar-refractivity contribution in [1.82, 2.24) is 9.78 Å². The van der Waals surface area contributed by atoms with Crippen LogP contribution in [0, 0.1) is 0 Å². The normalized spacial score (nSPS) is 12.4. The van der Waals surface area contributed by atoms with Gasteiger partial charge >= 0.3 is 12.1 Å². The molecule has 1 N–H and O–H groups in total. The largest absolute Gasteiger partial charge is 0.452 e. The van der Waals surface area contributed by atoms with E-state index in [9.17, 15) is 27.6 Å². The lowest BCUT2D eigenvalue weighted by Crippen LogP contribution is -2.31. The molecule has 1 aromatic heterocycles. The number of amides is 1. The monoisotopic (exact) mass is 467 g/mol. The van der Waals surface area contributed by atoms with E-state index in [1.54, 1.807) is 24.3 Å². The summed E-state index contributed by atoms with van der Waals surface area (Å²) in [7, 11) is 1.43. The molecule has 0 spiro atoms. The van der Waals surface area contributed by atoms with Gasteiger partial charge in [0.25, 0.3) is 11.5 Å². The first-order valence-electron chi connectivity index (χ1n) is 9.29. The van der Waals surface area contributed by atoms with Crippen molar-refractivity contribution in [3.8, 4) is 0 Å². The van der Waals surface area contributed by atoms with Gasteiger partial charge in [0.15, 0.2) is 6.10 Å². The molecule has 1 heterocycles. The molecule has 1 amide bonds. The van der Waals surface area contributed by atoms with Crippen molar-refractivity contribution in [2.45, 2.75) is 25.6 Å². The molecule has 3 rings (SSSR count). The number of hydrogen-bond donors (Lipinski definition) is 1. The fraction of sp³-hybridized carbons (Fsp3) is 0.238. The minimum Gasteiger partial charge on any atom is -0.452 e. The van der Waals surface area contributed by atoms with Gasteiger partial charge in [-0.05, 0) is 31.2 Å². The maximum atomic E-state index is 13.2. The Morgan fingerprint density at radius 3 is 2.50 bits per heavy atom. The van der Waals surface area contributed by atoms with Crippen molar-refractivity contribution in [2.75, 3.05) is 5.32 Å². The van der Waals surface area contributed by atoms with Crippen LogP contribution >= 0.6 is 11.6 Å². The van der Waals surface area contributed by atoms with Gasteiger partial charge in [-0.1, -0.05) is 29.8 Å². The molecular formula is C21H17ClF3N3O4. The summed E-state index contributed by atoms with van der Waals surface area (Å²) in [5, 5.41) is 6.85. The number of fused-ring (bicyclic) bond motifs is 1. The Bertz CT molecular complexity index is 1260. The first-order chi connectivity index (χ1) is 15.0. The maximum absolute atomic E-state index is 13.2. The van der Waals surface area contributed by atoms with Gasteiger partial charge in [0.2, 0.25) is 0 Å². The average Bonchev–Trinajstić information content (AvgIpc) is 2.72. The SMILES string of the molecule is CC(OC(=O)Cc1nn(C)c(=O)c2ccccc12)C(=O)Nc1ccc(Cl)cc1C(F)(F)F. The van der Waals surface area contributed by atoms with E-state index < -0.39 is 35.4 Å². The van der Waals surface area contributed by atoms with Crippen molar-refractivity contribution in [1.29, 1.82) is 0 Å². The number of alkyl halides is 3. The van der Waals surface area contributed by atoms with Crippen LogP contribution < -0.4 is 10.9 Å². The van der Waals surface area contributed by atoms with E-state index in [1.807, 2.05) is 0 Å². The van der Waals surface area contributed by atoms with Crippen molar-refractivity contribution in [2.24, 2.45) is 7.05 Å². The number of nitrogens with one attached hydrogen (secondary N) is 1. The quantitative estimate of drug-likeness (QED) is 0.578. The number of esters is 1. The number of aryl methyl sites for hydroxylation is 1. The summed E-state index contributed by atoms with van der Waals surface area (Å²) >= 11 is 5.62. The number of aromatic nitrogens is 2. The van der Waals surface area contributed by atoms with Crippen LogP contribution in [-0.2, 0) is 34.0 Å². The molecule has 1 unspecified atom stereocenters. The second-order valence-corrected chi connectivity index (χ2v) is 7.34. The summed E-state index contributed by atoms with van der Waals surface area (Å²) < 4.78 is 45.7. The Kier molecular flexibility index (Phi) is 6.54. The average molecular weight is 468 g/mol. The lowest BCUT2D eigenvalue weighted by Gasteiger charge is -2.17. The Labute approximate surface area is 184 Å². The summed E-state index contributed by atoms with van der Waals surface area (Å²) in [5.41, 5.74) is -1.72. The first kappa shape index (κ1) is 23.3. The van der Waals surface area contributed by atoms with Crippen LogP contribution in [0.5, 0.6) is 0 Å². The number of rotatable bonds is 5. The van der Waals surface area contributed by atoms with Gasteiger partial charge in [0, 0.05) is 17.5 Å². The van der Waals surface area contributed by atoms with Crippen molar-refractivity contribution >= 4 is 39.9 Å². The molecule has 0 bridgehead atoms. The highest BCUT2D eigenvalue weighted by molar-refractivity contribution is 6.30. The zero-order valence-corrected chi connectivity index (χ0v) is 17.6. The highest BCUT2D eigenvalue weighted by Crippen LogP contribution is 2.36. The van der Waals surface area contributed by atoms with E-state index in [-0.39, 0.29) is 22.7 Å². The molecule has 0 aliphatic rings. The van der Waals surface area contributed by atoms with Gasteiger partial charge in [0.1, 0.15) is 0 Å². The zero-order chi connectivity index (χ0) is 23.6. The molecule has 7 nitrogen and oxygen atoms in total. The van der Waals surface area contributed by atoms with Crippen molar-refractivity contribution in [3.63, 3.8) is 0 Å².